The molecule has 2 fully saturated rings. The number of hydrogen-bond acceptors (Lipinski definition) is 5. The highest BCUT2D eigenvalue weighted by atomic mass is 32.2. The Morgan fingerprint density at radius 1 is 1.00 bits per heavy atom. The van der Waals surface area contributed by atoms with Gasteiger partial charge in [-0.1, -0.05) is 6.07 Å². The number of likely N-dealkylation sites (tertiary alicyclic amines) is 1. The molecule has 0 radical (unpaired) electrons. The van der Waals surface area contributed by atoms with Crippen LogP contribution in [0.25, 0.3) is 0 Å². The molecule has 0 aliphatic carbocycles. The van der Waals surface area contributed by atoms with Crippen LogP contribution in [0.15, 0.2) is 18.2 Å². The summed E-state index contributed by atoms with van der Waals surface area (Å²) in [6.45, 7) is 6.33. The third-order valence-corrected chi connectivity index (χ3v) is 5.85. The summed E-state index contributed by atoms with van der Waals surface area (Å²) in [6, 6.07) is 5.04. The second-order valence-corrected chi connectivity index (χ2v) is 9.31. The number of piperazine rings is 1. The zero-order valence-corrected chi connectivity index (χ0v) is 17.3. The van der Waals surface area contributed by atoms with Crippen LogP contribution in [0, 0.1) is 6.92 Å². The number of nitrogens with one attached hydrogen (secondary N) is 1. The van der Waals surface area contributed by atoms with Crippen molar-refractivity contribution in [2.45, 2.75) is 19.8 Å². The van der Waals surface area contributed by atoms with Gasteiger partial charge >= 0.3 is 0 Å². The van der Waals surface area contributed by atoms with Gasteiger partial charge in [0.1, 0.15) is 0 Å². The maximum Gasteiger partial charge on any atom is 0.254 e. The summed E-state index contributed by atoms with van der Waals surface area (Å²) in [6.07, 6.45) is 3.26. The van der Waals surface area contributed by atoms with Gasteiger partial charge < -0.3 is 9.80 Å². The average Bonchev–Trinajstić information content (AvgIpc) is 3.17. The summed E-state index contributed by atoms with van der Waals surface area (Å²) in [4.78, 5) is 30.9. The number of amides is 2. The number of nitrogens with zero attached hydrogens (tertiary/aromatic N) is 3. The molecule has 0 spiro atoms. The number of carbonyl (C=O) groups is 2. The summed E-state index contributed by atoms with van der Waals surface area (Å²) >= 11 is 0. The zero-order chi connectivity index (χ0) is 20.3. The lowest BCUT2D eigenvalue weighted by Gasteiger charge is -2.35. The molecule has 2 heterocycles. The lowest BCUT2D eigenvalue weighted by atomic mass is 10.1. The number of hydrogen-bond donors (Lipinski definition) is 1. The molecule has 2 aliphatic rings. The van der Waals surface area contributed by atoms with Crippen LogP contribution in [-0.2, 0) is 14.8 Å². The van der Waals surface area contributed by atoms with Gasteiger partial charge in [-0.05, 0) is 37.5 Å². The topological polar surface area (TPSA) is 90.0 Å². The average molecular weight is 409 g/mol. The van der Waals surface area contributed by atoms with E-state index < -0.39 is 10.0 Å². The Kier molecular flexibility index (Phi) is 6.24. The predicted octanol–water partition coefficient (Wildman–Crippen LogP) is 0.747. The predicted molar refractivity (Wildman–Crippen MR) is 108 cm³/mol. The fraction of sp³-hybridized carbons (Fsp3) is 0.579. The molecule has 154 valence electrons. The van der Waals surface area contributed by atoms with Crippen molar-refractivity contribution in [2.75, 3.05) is 56.8 Å². The van der Waals surface area contributed by atoms with Crippen molar-refractivity contribution < 1.29 is 18.0 Å². The molecule has 0 aromatic heterocycles. The number of carbonyl (C=O) groups excluding carboxylic acids is 2. The SMILES string of the molecule is Cc1ccc(C(=O)N2CCN(CC(=O)N3CCCC3)CC2)cc1NS(C)(=O)=O. The molecule has 0 saturated carbocycles. The molecule has 0 unspecified atom stereocenters. The molecule has 8 nitrogen and oxygen atoms in total. The first kappa shape index (κ1) is 20.6. The quantitative estimate of drug-likeness (QED) is 0.776. The van der Waals surface area contributed by atoms with Gasteiger partial charge in [0.25, 0.3) is 5.91 Å². The zero-order valence-electron chi connectivity index (χ0n) is 16.5. The maximum atomic E-state index is 12.8. The van der Waals surface area contributed by atoms with Crippen LogP contribution in [0.1, 0.15) is 28.8 Å². The number of rotatable bonds is 5. The molecule has 0 bridgehead atoms. The van der Waals surface area contributed by atoms with Crippen molar-refractivity contribution in [3.05, 3.63) is 29.3 Å². The maximum absolute atomic E-state index is 12.8. The fourth-order valence-electron chi connectivity index (χ4n) is 3.61. The third-order valence-electron chi connectivity index (χ3n) is 5.26. The van der Waals surface area contributed by atoms with E-state index in [2.05, 4.69) is 9.62 Å². The number of aryl methyl sites for hydroxylation is 1. The molecule has 2 aliphatic heterocycles. The molecule has 9 heteroatoms. The molecular weight excluding hydrogens is 380 g/mol. The van der Waals surface area contributed by atoms with Crippen molar-refractivity contribution in [3.8, 4) is 0 Å². The fourth-order valence-corrected chi connectivity index (χ4v) is 4.23. The van der Waals surface area contributed by atoms with Gasteiger partial charge in [0.05, 0.1) is 18.5 Å². The normalized spacial score (nSPS) is 18.4. The second-order valence-electron chi connectivity index (χ2n) is 7.56. The van der Waals surface area contributed by atoms with Gasteiger partial charge in [-0.15, -0.1) is 0 Å². The summed E-state index contributed by atoms with van der Waals surface area (Å²) < 4.78 is 25.5. The van der Waals surface area contributed by atoms with Crippen molar-refractivity contribution in [1.82, 2.24) is 14.7 Å². The molecule has 1 aromatic rings. The first-order valence-corrected chi connectivity index (χ1v) is 11.5. The van der Waals surface area contributed by atoms with Gasteiger partial charge in [-0.25, -0.2) is 8.42 Å². The molecule has 1 N–H and O–H groups in total. The standard InChI is InChI=1S/C19H28N4O4S/c1-15-5-6-16(13-17(15)20-28(2,26)27)19(25)23-11-9-21(10-12-23)14-18(24)22-7-3-4-8-22/h5-6,13,20H,3-4,7-12,14H2,1-2H3. The highest BCUT2D eigenvalue weighted by Gasteiger charge is 2.26. The van der Waals surface area contributed by atoms with Crippen LogP contribution >= 0.6 is 0 Å². The van der Waals surface area contributed by atoms with E-state index in [9.17, 15) is 18.0 Å². The molecule has 2 amide bonds. The number of benzene rings is 1. The minimum Gasteiger partial charge on any atom is -0.342 e. The minimum absolute atomic E-state index is 0.123. The highest BCUT2D eigenvalue weighted by molar-refractivity contribution is 7.92. The monoisotopic (exact) mass is 408 g/mol. The van der Waals surface area contributed by atoms with Crippen molar-refractivity contribution in [2.24, 2.45) is 0 Å². The molecule has 1 aromatic carbocycles. The molecule has 3 rings (SSSR count). The summed E-state index contributed by atoms with van der Waals surface area (Å²) in [5.74, 6) is 0.0503. The van der Waals surface area contributed by atoms with Gasteiger partial charge in [-0.2, -0.15) is 0 Å². The number of anilines is 1. The van der Waals surface area contributed by atoms with E-state index in [0.717, 1.165) is 37.8 Å². The Morgan fingerprint density at radius 3 is 2.25 bits per heavy atom. The summed E-state index contributed by atoms with van der Waals surface area (Å²) in [5.41, 5.74) is 1.63. The van der Waals surface area contributed by atoms with Crippen LogP contribution < -0.4 is 4.72 Å². The van der Waals surface area contributed by atoms with E-state index in [0.29, 0.717) is 44.0 Å². The third kappa shape index (κ3) is 5.23. The molecule has 0 atom stereocenters. The van der Waals surface area contributed by atoms with Crippen LogP contribution in [0.4, 0.5) is 5.69 Å². The van der Waals surface area contributed by atoms with E-state index >= 15 is 0 Å². The largest absolute Gasteiger partial charge is 0.342 e. The van der Waals surface area contributed by atoms with E-state index in [-0.39, 0.29) is 11.8 Å². The summed E-state index contributed by atoms with van der Waals surface area (Å²) in [5, 5.41) is 0. The van der Waals surface area contributed by atoms with Gasteiger partial charge in [0.2, 0.25) is 15.9 Å². The van der Waals surface area contributed by atoms with E-state index in [1.807, 2.05) is 4.90 Å². The van der Waals surface area contributed by atoms with E-state index in [1.54, 1.807) is 30.0 Å². The molecule has 28 heavy (non-hydrogen) atoms. The van der Waals surface area contributed by atoms with Crippen LogP contribution in [-0.4, -0.2) is 87.0 Å². The number of sulfonamides is 1. The van der Waals surface area contributed by atoms with Crippen LogP contribution in [0.5, 0.6) is 0 Å². The van der Waals surface area contributed by atoms with Crippen LogP contribution in [0.3, 0.4) is 0 Å². The Morgan fingerprint density at radius 2 is 1.64 bits per heavy atom. The van der Waals surface area contributed by atoms with E-state index in [1.165, 1.54) is 0 Å². The van der Waals surface area contributed by atoms with Crippen molar-refractivity contribution >= 4 is 27.5 Å². The Labute approximate surface area is 166 Å². The van der Waals surface area contributed by atoms with Gasteiger partial charge in [-0.3, -0.25) is 19.2 Å². The van der Waals surface area contributed by atoms with Crippen molar-refractivity contribution in [1.29, 1.82) is 0 Å². The van der Waals surface area contributed by atoms with Gasteiger partial charge in [0.15, 0.2) is 0 Å². The Hall–Kier alpha value is -2.13. The highest BCUT2D eigenvalue weighted by Crippen LogP contribution is 2.20. The second kappa shape index (κ2) is 8.48. The summed E-state index contributed by atoms with van der Waals surface area (Å²) in [7, 11) is -3.41. The first-order chi connectivity index (χ1) is 13.2. The molecule has 2 saturated heterocycles. The first-order valence-electron chi connectivity index (χ1n) is 9.61. The lowest BCUT2D eigenvalue weighted by molar-refractivity contribution is -0.131. The van der Waals surface area contributed by atoms with Gasteiger partial charge in [0, 0.05) is 44.8 Å². The minimum atomic E-state index is -3.41. The van der Waals surface area contributed by atoms with E-state index in [4.69, 9.17) is 0 Å². The smallest absolute Gasteiger partial charge is 0.254 e. The lowest BCUT2D eigenvalue weighted by Crippen LogP contribution is -2.51. The van der Waals surface area contributed by atoms with Crippen molar-refractivity contribution in [3.63, 3.8) is 0 Å². The molecular formula is C19H28N4O4S. The Bertz CT molecular complexity index is 841. The van der Waals surface area contributed by atoms with Crippen LogP contribution in [0.2, 0.25) is 0 Å². The Balaban J connectivity index is 1.57.